The first-order chi connectivity index (χ1) is 26.8. The van der Waals surface area contributed by atoms with Gasteiger partial charge in [-0.1, -0.05) is 146 Å². The van der Waals surface area contributed by atoms with Crippen LogP contribution in [0.5, 0.6) is 0 Å². The number of hydrogen-bond acceptors (Lipinski definition) is 2. The zero-order valence-corrected chi connectivity index (χ0v) is 29.1. The van der Waals surface area contributed by atoms with E-state index in [4.69, 9.17) is 8.83 Å². The van der Waals surface area contributed by atoms with Crippen molar-refractivity contribution in [1.29, 1.82) is 0 Å². The van der Waals surface area contributed by atoms with Crippen LogP contribution in [0.25, 0.3) is 120 Å². The molecule has 2 heterocycles. The molecule has 0 amide bonds. The highest BCUT2D eigenvalue weighted by molar-refractivity contribution is 6.27. The summed E-state index contributed by atoms with van der Waals surface area (Å²) < 4.78 is 13.5. The van der Waals surface area contributed by atoms with E-state index in [0.29, 0.717) is 0 Å². The molecule has 0 aliphatic rings. The Morgan fingerprint density at radius 1 is 0.278 bits per heavy atom. The maximum Gasteiger partial charge on any atom is 0.143 e. The van der Waals surface area contributed by atoms with Crippen LogP contribution in [-0.4, -0.2) is 0 Å². The Hall–Kier alpha value is -7.16. The Morgan fingerprint density at radius 2 is 0.870 bits per heavy atom. The van der Waals surface area contributed by atoms with Crippen LogP contribution in [0.1, 0.15) is 0 Å². The molecule has 0 aliphatic heterocycles. The van der Waals surface area contributed by atoms with Crippen molar-refractivity contribution in [3.8, 4) is 33.4 Å². The number of furan rings is 2. The van der Waals surface area contributed by atoms with Gasteiger partial charge in [0, 0.05) is 27.1 Å². The van der Waals surface area contributed by atoms with Crippen molar-refractivity contribution in [2.24, 2.45) is 0 Å². The summed E-state index contributed by atoms with van der Waals surface area (Å²) in [6.45, 7) is 0. The molecule has 12 aromatic rings. The van der Waals surface area contributed by atoms with Gasteiger partial charge in [0.2, 0.25) is 0 Å². The highest BCUT2D eigenvalue weighted by Crippen LogP contribution is 2.49. The van der Waals surface area contributed by atoms with Gasteiger partial charge in [0.25, 0.3) is 0 Å². The van der Waals surface area contributed by atoms with Gasteiger partial charge in [0.15, 0.2) is 0 Å². The van der Waals surface area contributed by atoms with Gasteiger partial charge in [-0.05, 0) is 107 Å². The van der Waals surface area contributed by atoms with E-state index in [1.807, 2.05) is 12.1 Å². The second-order valence-electron chi connectivity index (χ2n) is 14.4. The minimum absolute atomic E-state index is 0.854. The lowest BCUT2D eigenvalue weighted by Crippen LogP contribution is -1.92. The van der Waals surface area contributed by atoms with E-state index in [-0.39, 0.29) is 0 Å². The van der Waals surface area contributed by atoms with Crippen LogP contribution in [0.15, 0.2) is 191 Å². The summed E-state index contributed by atoms with van der Waals surface area (Å²) in [5.41, 5.74) is 10.4. The lowest BCUT2D eigenvalue weighted by Gasteiger charge is -2.19. The first kappa shape index (κ1) is 29.4. The first-order valence-corrected chi connectivity index (χ1v) is 18.5. The van der Waals surface area contributed by atoms with Gasteiger partial charge < -0.3 is 8.83 Å². The molecule has 0 radical (unpaired) electrons. The van der Waals surface area contributed by atoms with Crippen molar-refractivity contribution in [2.75, 3.05) is 0 Å². The van der Waals surface area contributed by atoms with Crippen LogP contribution in [-0.2, 0) is 0 Å². The van der Waals surface area contributed by atoms with Crippen molar-refractivity contribution in [2.45, 2.75) is 0 Å². The molecule has 12 rings (SSSR count). The van der Waals surface area contributed by atoms with Crippen LogP contribution in [0, 0.1) is 0 Å². The average molecular weight is 687 g/mol. The normalized spacial score (nSPS) is 12.1. The van der Waals surface area contributed by atoms with Gasteiger partial charge in [-0.3, -0.25) is 0 Å². The van der Waals surface area contributed by atoms with Crippen molar-refractivity contribution in [1.82, 2.24) is 0 Å². The molecule has 2 heteroatoms. The molecule has 0 saturated carbocycles. The van der Waals surface area contributed by atoms with Crippen LogP contribution in [0.2, 0.25) is 0 Å². The van der Waals surface area contributed by atoms with Crippen molar-refractivity contribution < 1.29 is 8.83 Å². The van der Waals surface area contributed by atoms with Crippen molar-refractivity contribution in [3.05, 3.63) is 182 Å². The Morgan fingerprint density at radius 3 is 1.61 bits per heavy atom. The molecule has 0 aliphatic carbocycles. The van der Waals surface area contributed by atoms with Gasteiger partial charge in [0.1, 0.15) is 22.3 Å². The molecule has 0 atom stereocenters. The van der Waals surface area contributed by atoms with Crippen molar-refractivity contribution in [3.63, 3.8) is 0 Å². The van der Waals surface area contributed by atoms with E-state index >= 15 is 0 Å². The molecule has 0 saturated heterocycles. The summed E-state index contributed by atoms with van der Waals surface area (Å²) in [5, 5.41) is 14.1. The largest absolute Gasteiger partial charge is 0.456 e. The summed E-state index contributed by atoms with van der Waals surface area (Å²) in [6, 6.07) is 65.6. The topological polar surface area (TPSA) is 26.3 Å². The van der Waals surface area contributed by atoms with Crippen LogP contribution in [0.4, 0.5) is 0 Å². The number of hydrogen-bond donors (Lipinski definition) is 0. The van der Waals surface area contributed by atoms with E-state index < -0.39 is 0 Å². The number of benzene rings is 10. The van der Waals surface area contributed by atoms with Crippen LogP contribution in [0.3, 0.4) is 0 Å². The predicted octanol–water partition coefficient (Wildman–Crippen LogP) is 15.1. The highest BCUT2D eigenvalue weighted by atomic mass is 16.3. The Balaban J connectivity index is 1.24. The Labute approximate surface area is 310 Å². The minimum atomic E-state index is 0.854. The lowest BCUT2D eigenvalue weighted by molar-refractivity contribution is 0.668. The fraction of sp³-hybridized carbons (Fsp3) is 0. The predicted molar refractivity (Wildman–Crippen MR) is 227 cm³/mol. The van der Waals surface area contributed by atoms with Gasteiger partial charge in [-0.25, -0.2) is 0 Å². The maximum absolute atomic E-state index is 6.88. The molecule has 0 bridgehead atoms. The molecule has 2 nitrogen and oxygen atoms in total. The van der Waals surface area contributed by atoms with Gasteiger partial charge >= 0.3 is 0 Å². The van der Waals surface area contributed by atoms with E-state index in [0.717, 1.165) is 66.0 Å². The molecular weight excluding hydrogens is 657 g/mol. The van der Waals surface area contributed by atoms with E-state index in [1.54, 1.807) is 0 Å². The second kappa shape index (κ2) is 11.2. The Kier molecular flexibility index (Phi) is 6.09. The summed E-state index contributed by atoms with van der Waals surface area (Å²) in [7, 11) is 0. The number of fused-ring (bicyclic) bond motifs is 10. The molecule has 250 valence electrons. The summed E-state index contributed by atoms with van der Waals surface area (Å²) in [4.78, 5) is 0. The van der Waals surface area contributed by atoms with E-state index in [2.05, 4.69) is 170 Å². The third kappa shape index (κ3) is 4.22. The van der Waals surface area contributed by atoms with Crippen LogP contribution >= 0.6 is 0 Å². The molecular formula is C52H30O2. The standard InChI is InChI=1S/C52H30O2/c1-2-13-32-26-35(25-24-31(32)12-1)49-39-17-5-7-19-41(39)50(42-20-8-6-18-40(42)49)45-28-36(37-21-11-22-43-38-16-9-10-23-46(38)54-52(37)43)30-48-51(45)44-27-33-14-3-4-15-34(33)29-47(44)53-48/h1-30H. The fourth-order valence-electron chi connectivity index (χ4n) is 8.99. The number of para-hydroxylation sites is 2. The van der Waals surface area contributed by atoms with Gasteiger partial charge in [0.05, 0.1) is 0 Å². The highest BCUT2D eigenvalue weighted by Gasteiger charge is 2.23. The summed E-state index contributed by atoms with van der Waals surface area (Å²) >= 11 is 0. The minimum Gasteiger partial charge on any atom is -0.456 e. The second-order valence-corrected chi connectivity index (χ2v) is 14.4. The van der Waals surface area contributed by atoms with Gasteiger partial charge in [-0.2, -0.15) is 0 Å². The monoisotopic (exact) mass is 686 g/mol. The smallest absolute Gasteiger partial charge is 0.143 e. The maximum atomic E-state index is 6.88. The molecule has 0 spiro atoms. The zero-order chi connectivity index (χ0) is 35.3. The van der Waals surface area contributed by atoms with E-state index in [9.17, 15) is 0 Å². The third-order valence-electron chi connectivity index (χ3n) is 11.4. The molecule has 0 unspecified atom stereocenters. The zero-order valence-electron chi connectivity index (χ0n) is 29.1. The molecule has 54 heavy (non-hydrogen) atoms. The molecule has 0 N–H and O–H groups in total. The summed E-state index contributed by atoms with van der Waals surface area (Å²) in [6.07, 6.45) is 0. The first-order valence-electron chi connectivity index (χ1n) is 18.5. The molecule has 0 fully saturated rings. The molecule has 10 aromatic carbocycles. The SMILES string of the molecule is c1ccc2cc(-c3c4ccccc4c(-c4cc(-c5cccc6c5oc5ccccc56)cc5oc6cc7ccccc7cc6c45)c4ccccc34)ccc2c1. The van der Waals surface area contributed by atoms with Crippen molar-refractivity contribution >= 4 is 87.0 Å². The molecule has 2 aromatic heterocycles. The number of rotatable bonds is 3. The summed E-state index contributed by atoms with van der Waals surface area (Å²) in [5.74, 6) is 0. The average Bonchev–Trinajstić information content (AvgIpc) is 3.79. The Bertz CT molecular complexity index is 3450. The van der Waals surface area contributed by atoms with E-state index in [1.165, 1.54) is 54.4 Å². The lowest BCUT2D eigenvalue weighted by atomic mass is 9.83. The van der Waals surface area contributed by atoms with Crippen LogP contribution < -0.4 is 0 Å². The fourth-order valence-corrected chi connectivity index (χ4v) is 8.99. The van der Waals surface area contributed by atoms with Gasteiger partial charge in [-0.15, -0.1) is 0 Å². The third-order valence-corrected chi connectivity index (χ3v) is 11.4. The quantitative estimate of drug-likeness (QED) is 0.173.